The Bertz CT molecular complexity index is 1590. The molecule has 18 nitrogen and oxygen atoms in total. The van der Waals surface area contributed by atoms with E-state index in [2.05, 4.69) is 25.0 Å². The molecular formula is C23H35N8O10PS. The van der Waals surface area contributed by atoms with E-state index >= 15 is 0 Å². The normalized spacial score (nSPS) is 24.3. The second kappa shape index (κ2) is 12.4. The van der Waals surface area contributed by atoms with Crippen LogP contribution in [-0.4, -0.2) is 94.0 Å². The Hall–Kier alpha value is -3.19. The van der Waals surface area contributed by atoms with Crippen molar-refractivity contribution in [2.75, 3.05) is 19.5 Å². The molecular weight excluding hydrogens is 611 g/mol. The number of nitrogen functional groups attached to an aromatic ring is 1. The average Bonchev–Trinajstić information content (AvgIpc) is 3.52. The van der Waals surface area contributed by atoms with Crippen molar-refractivity contribution in [2.24, 2.45) is 7.05 Å². The van der Waals surface area contributed by atoms with Gasteiger partial charge in [-0.2, -0.15) is 9.97 Å². The molecule has 238 valence electrons. The summed E-state index contributed by atoms with van der Waals surface area (Å²) in [5.41, 5.74) is 3.83. The van der Waals surface area contributed by atoms with Crippen LogP contribution in [0.25, 0.3) is 11.2 Å². The third kappa shape index (κ3) is 6.67. The van der Waals surface area contributed by atoms with Crippen LogP contribution in [0.4, 0.5) is 5.95 Å². The molecule has 6 atom stereocenters. The van der Waals surface area contributed by atoms with Crippen molar-refractivity contribution in [2.45, 2.75) is 69.6 Å². The van der Waals surface area contributed by atoms with Crippen LogP contribution in [0.5, 0.6) is 11.8 Å². The lowest BCUT2D eigenvalue weighted by Crippen LogP contribution is -2.44. The Morgan fingerprint density at radius 2 is 2.07 bits per heavy atom. The molecule has 4 heterocycles. The van der Waals surface area contributed by atoms with Crippen molar-refractivity contribution in [1.29, 1.82) is 0 Å². The first-order valence-electron chi connectivity index (χ1n) is 13.0. The largest absolute Gasteiger partial charge is 0.493 e. The number of esters is 1. The van der Waals surface area contributed by atoms with Crippen molar-refractivity contribution < 1.29 is 43.4 Å². The van der Waals surface area contributed by atoms with E-state index in [1.807, 2.05) is 0 Å². The summed E-state index contributed by atoms with van der Waals surface area (Å²) in [5, 5.41) is 35.0. The van der Waals surface area contributed by atoms with Crippen molar-refractivity contribution in [3.63, 3.8) is 0 Å². The highest BCUT2D eigenvalue weighted by Crippen LogP contribution is 2.58. The molecule has 20 heteroatoms. The fourth-order valence-electron chi connectivity index (χ4n) is 4.36. The lowest BCUT2D eigenvalue weighted by atomic mass is 9.96. The smallest absolute Gasteiger partial charge is 0.328 e. The topological polar surface area (TPSA) is 251 Å². The number of nitrogens with zero attached hydrogens (tertiary/aromatic N) is 5. The van der Waals surface area contributed by atoms with Gasteiger partial charge >= 0.3 is 18.4 Å². The number of rotatable bonds is 12. The number of imidazole rings is 2. The Morgan fingerprint density at radius 1 is 1.37 bits per heavy atom. The lowest BCUT2D eigenvalue weighted by molar-refractivity contribution is -0.149. The first kappa shape index (κ1) is 32.7. The predicted molar refractivity (Wildman–Crippen MR) is 153 cm³/mol. The number of carbonyl (C=O) groups is 1. The fourth-order valence-corrected chi connectivity index (χ4v) is 8.11. The van der Waals surface area contributed by atoms with Gasteiger partial charge in [-0.05, 0) is 39.1 Å². The standard InChI is InChI=1S/C23H35N8O10PS/c1-10(2)40-19(34)11(3)29-42(37,43-8-12-17(33)27-22(35)30(12)5)39-7-13-15(32)23(4,36)20(41-13)31-9-25-14-16(31)26-21(24)28-18(14)38-6/h9-11,13,15,20,32-33,36H,7-8H2,1-6H3,(H,27,35)(H,29,37)(H2,24,26,28)/t11-,13?,15-,20-,23-,42?/m1/s1. The van der Waals surface area contributed by atoms with E-state index in [1.165, 1.54) is 38.9 Å². The molecule has 1 saturated heterocycles. The Balaban J connectivity index is 1.57. The highest BCUT2D eigenvalue weighted by molar-refractivity contribution is 8.55. The quantitative estimate of drug-likeness (QED) is 0.113. The molecule has 0 bridgehead atoms. The molecule has 0 aromatic carbocycles. The first-order valence-corrected chi connectivity index (χ1v) is 16.2. The van der Waals surface area contributed by atoms with Crippen LogP contribution >= 0.6 is 18.1 Å². The molecule has 1 fully saturated rings. The second-order valence-electron chi connectivity index (χ2n) is 10.3. The number of carbonyl (C=O) groups excluding carboxylic acids is 1. The molecule has 0 radical (unpaired) electrons. The number of methoxy groups -OCH3 is 1. The fraction of sp³-hybridized carbons (Fsp3) is 0.609. The van der Waals surface area contributed by atoms with E-state index in [9.17, 15) is 29.5 Å². The van der Waals surface area contributed by atoms with Crippen molar-refractivity contribution in [3.05, 3.63) is 22.5 Å². The molecule has 1 aliphatic heterocycles. The number of aliphatic hydroxyl groups excluding tert-OH is 1. The number of nitrogens with two attached hydrogens (primary N) is 1. The maximum absolute atomic E-state index is 14.0. The van der Waals surface area contributed by atoms with Gasteiger partial charge in [-0.3, -0.25) is 23.5 Å². The molecule has 2 unspecified atom stereocenters. The maximum Gasteiger partial charge on any atom is 0.328 e. The number of aromatic nitrogens is 6. The van der Waals surface area contributed by atoms with E-state index in [4.69, 9.17) is 24.5 Å². The second-order valence-corrected chi connectivity index (χ2v) is 14.6. The zero-order valence-electron chi connectivity index (χ0n) is 24.2. The molecule has 0 aliphatic carbocycles. The molecule has 0 amide bonds. The minimum absolute atomic E-state index is 0.0967. The van der Waals surface area contributed by atoms with Gasteiger partial charge in [-0.1, -0.05) is 0 Å². The Labute approximate surface area is 249 Å². The van der Waals surface area contributed by atoms with Crippen molar-refractivity contribution in [3.8, 4) is 11.8 Å². The third-order valence-corrected chi connectivity index (χ3v) is 10.6. The van der Waals surface area contributed by atoms with Gasteiger partial charge in [0.05, 0.1) is 31.8 Å². The Kier molecular flexibility index (Phi) is 9.46. The molecule has 3 aromatic heterocycles. The van der Waals surface area contributed by atoms with Crippen LogP contribution in [0, 0.1) is 0 Å². The molecule has 0 saturated carbocycles. The lowest BCUT2D eigenvalue weighted by Gasteiger charge is -2.27. The number of aliphatic hydroxyl groups is 2. The van der Waals surface area contributed by atoms with Gasteiger partial charge in [0.25, 0.3) is 0 Å². The highest BCUT2D eigenvalue weighted by atomic mass is 32.7. The van der Waals surface area contributed by atoms with Gasteiger partial charge in [0.15, 0.2) is 17.4 Å². The Morgan fingerprint density at radius 3 is 2.67 bits per heavy atom. The van der Waals surface area contributed by atoms with Gasteiger partial charge in [-0.25, -0.2) is 14.9 Å². The number of H-pyrrole nitrogens is 1. The zero-order chi connectivity index (χ0) is 31.9. The summed E-state index contributed by atoms with van der Waals surface area (Å²) >= 11 is 0.689. The molecule has 7 N–H and O–H groups in total. The van der Waals surface area contributed by atoms with E-state index < -0.39 is 67.1 Å². The van der Waals surface area contributed by atoms with Gasteiger partial charge < -0.3 is 39.8 Å². The van der Waals surface area contributed by atoms with Crippen LogP contribution in [0.1, 0.15) is 39.6 Å². The minimum Gasteiger partial charge on any atom is -0.493 e. The van der Waals surface area contributed by atoms with E-state index in [0.717, 1.165) is 4.57 Å². The molecule has 1 aliphatic rings. The minimum atomic E-state index is -4.05. The van der Waals surface area contributed by atoms with Crippen LogP contribution in [-0.2, 0) is 36.2 Å². The van der Waals surface area contributed by atoms with Gasteiger partial charge in [-0.15, -0.1) is 0 Å². The van der Waals surface area contributed by atoms with Gasteiger partial charge in [0.2, 0.25) is 17.7 Å². The number of nitrogens with one attached hydrogen (secondary N) is 2. The number of hydrogen-bond donors (Lipinski definition) is 6. The number of aromatic hydroxyl groups is 1. The molecule has 0 spiro atoms. The summed E-state index contributed by atoms with van der Waals surface area (Å²) in [6, 6.07) is -1.09. The summed E-state index contributed by atoms with van der Waals surface area (Å²) in [7, 11) is 2.79. The third-order valence-electron chi connectivity index (χ3n) is 6.65. The average molecular weight is 647 g/mol. The summed E-state index contributed by atoms with van der Waals surface area (Å²) in [6.45, 7) is 1.52. The summed E-state index contributed by atoms with van der Waals surface area (Å²) in [6.07, 6.45) is -3.14. The summed E-state index contributed by atoms with van der Waals surface area (Å²) < 4.78 is 38.6. The number of ether oxygens (including phenoxy) is 3. The molecule has 3 aromatic rings. The summed E-state index contributed by atoms with van der Waals surface area (Å²) in [4.78, 5) is 38.9. The number of aromatic amines is 1. The monoisotopic (exact) mass is 646 g/mol. The number of anilines is 1. The number of fused-ring (bicyclic) bond motifs is 1. The molecule has 43 heavy (non-hydrogen) atoms. The van der Waals surface area contributed by atoms with Crippen molar-refractivity contribution >= 4 is 41.2 Å². The van der Waals surface area contributed by atoms with Gasteiger partial charge in [0, 0.05) is 12.8 Å². The first-order chi connectivity index (χ1) is 20.1. The van der Waals surface area contributed by atoms with Gasteiger partial charge in [0.1, 0.15) is 23.9 Å². The van der Waals surface area contributed by atoms with E-state index in [0.29, 0.717) is 11.4 Å². The van der Waals surface area contributed by atoms with Crippen molar-refractivity contribution in [1.82, 2.24) is 34.2 Å². The molecule has 4 rings (SSSR count). The van der Waals surface area contributed by atoms with Crippen LogP contribution < -0.4 is 21.2 Å². The summed E-state index contributed by atoms with van der Waals surface area (Å²) in [5.74, 6) is -1.31. The maximum atomic E-state index is 14.0. The van der Waals surface area contributed by atoms with E-state index in [-0.39, 0.29) is 34.4 Å². The van der Waals surface area contributed by atoms with Crippen LogP contribution in [0.2, 0.25) is 0 Å². The number of hydrogen-bond acceptors (Lipinski definition) is 15. The van der Waals surface area contributed by atoms with Crippen LogP contribution in [0.3, 0.4) is 0 Å². The van der Waals surface area contributed by atoms with Crippen LogP contribution in [0.15, 0.2) is 11.1 Å². The highest BCUT2D eigenvalue weighted by Gasteiger charge is 2.54. The zero-order valence-corrected chi connectivity index (χ0v) is 26.0. The van der Waals surface area contributed by atoms with E-state index in [1.54, 1.807) is 13.8 Å². The SMILES string of the molecule is COc1nc(N)nc2c1ncn2[C@@H]1OC(COP(=O)(N[C@H](C)C(=O)OC(C)C)SCc2c(O)[nH]c(=O)n2C)[C@@H](O)[C@@]1(C)O. The predicted octanol–water partition coefficient (Wildman–Crippen LogP) is 0.147.